The number of carbonyl (C=O) groups excluding carboxylic acids is 1. The van der Waals surface area contributed by atoms with E-state index in [0.29, 0.717) is 12.3 Å². The molecule has 0 bridgehead atoms. The van der Waals surface area contributed by atoms with E-state index >= 15 is 0 Å². The van der Waals surface area contributed by atoms with Crippen molar-refractivity contribution >= 4 is 22.4 Å². The molecule has 1 aliphatic heterocycles. The molecule has 0 aromatic heterocycles. The van der Waals surface area contributed by atoms with E-state index in [2.05, 4.69) is 22.8 Å². The molecule has 0 radical (unpaired) electrons. The van der Waals surface area contributed by atoms with Crippen molar-refractivity contribution in [3.8, 4) is 0 Å². The second-order valence-corrected chi connectivity index (χ2v) is 6.88. The Morgan fingerprint density at radius 1 is 1.45 bits per heavy atom. The molecule has 1 aliphatic rings. The maximum atomic E-state index is 12.2. The van der Waals surface area contributed by atoms with E-state index < -0.39 is 10.8 Å². The topological polar surface area (TPSA) is 58.2 Å². The van der Waals surface area contributed by atoms with Crippen LogP contribution in [0.15, 0.2) is 24.3 Å². The lowest BCUT2D eigenvalue weighted by molar-refractivity contribution is -0.125. The van der Waals surface area contributed by atoms with Crippen molar-refractivity contribution in [3.63, 3.8) is 0 Å². The molecule has 0 fully saturated rings. The molecule has 20 heavy (non-hydrogen) atoms. The molecule has 1 heterocycles. The zero-order valence-electron chi connectivity index (χ0n) is 12.0. The van der Waals surface area contributed by atoms with Crippen molar-refractivity contribution in [2.24, 2.45) is 5.92 Å². The standard InChI is InChI=1S/C15H22N2O2S/c1-11-13(15(18)16-8-5-9-20(2)19)10-12-6-3-4-7-14(12)17-11/h3-4,6-7,11,13,17H,5,8-10H2,1-2H3,(H,16,18). The van der Waals surface area contributed by atoms with E-state index in [4.69, 9.17) is 0 Å². The molecule has 2 rings (SSSR count). The number of fused-ring (bicyclic) bond motifs is 1. The van der Waals surface area contributed by atoms with Crippen molar-refractivity contribution in [3.05, 3.63) is 29.8 Å². The van der Waals surface area contributed by atoms with Gasteiger partial charge >= 0.3 is 0 Å². The minimum atomic E-state index is -0.785. The van der Waals surface area contributed by atoms with Crippen molar-refractivity contribution in [1.29, 1.82) is 0 Å². The van der Waals surface area contributed by atoms with Crippen LogP contribution in [0, 0.1) is 5.92 Å². The maximum absolute atomic E-state index is 12.2. The molecule has 2 N–H and O–H groups in total. The Hall–Kier alpha value is -1.36. The molecule has 3 unspecified atom stereocenters. The minimum absolute atomic E-state index is 0.0444. The van der Waals surface area contributed by atoms with Crippen LogP contribution >= 0.6 is 0 Å². The number of rotatable bonds is 5. The molecular formula is C15H22N2O2S. The minimum Gasteiger partial charge on any atom is -0.382 e. The third-order valence-corrected chi connectivity index (χ3v) is 4.55. The molecule has 0 aliphatic carbocycles. The van der Waals surface area contributed by atoms with Crippen molar-refractivity contribution in [2.45, 2.75) is 25.8 Å². The molecule has 110 valence electrons. The lowest BCUT2D eigenvalue weighted by atomic mass is 9.87. The number of benzene rings is 1. The van der Waals surface area contributed by atoms with Crippen LogP contribution in [-0.4, -0.2) is 34.7 Å². The fourth-order valence-corrected chi connectivity index (χ4v) is 3.09. The number of amides is 1. The van der Waals surface area contributed by atoms with Gasteiger partial charge in [-0.15, -0.1) is 0 Å². The van der Waals surface area contributed by atoms with E-state index in [-0.39, 0.29) is 17.9 Å². The molecular weight excluding hydrogens is 272 g/mol. The summed E-state index contributed by atoms with van der Waals surface area (Å²) in [6.07, 6.45) is 3.22. The Bertz CT molecular complexity index is 504. The van der Waals surface area contributed by atoms with Gasteiger partial charge in [-0.1, -0.05) is 18.2 Å². The van der Waals surface area contributed by atoms with E-state index in [1.807, 2.05) is 19.1 Å². The van der Waals surface area contributed by atoms with Crippen LogP contribution in [0.4, 0.5) is 5.69 Å². The third-order valence-electron chi connectivity index (χ3n) is 3.69. The Morgan fingerprint density at radius 2 is 2.20 bits per heavy atom. The summed E-state index contributed by atoms with van der Waals surface area (Å²) in [5.74, 6) is 0.681. The molecule has 1 aromatic carbocycles. The SMILES string of the molecule is CC1Nc2ccccc2CC1C(=O)NCCCS(C)=O. The van der Waals surface area contributed by atoms with Gasteiger partial charge in [0.1, 0.15) is 0 Å². The molecule has 1 aromatic rings. The lowest BCUT2D eigenvalue weighted by Crippen LogP contribution is -2.43. The van der Waals surface area contributed by atoms with Gasteiger partial charge in [-0.05, 0) is 31.4 Å². The van der Waals surface area contributed by atoms with Crippen LogP contribution in [0.3, 0.4) is 0 Å². The summed E-state index contributed by atoms with van der Waals surface area (Å²) in [4.78, 5) is 12.2. The molecule has 4 nitrogen and oxygen atoms in total. The zero-order chi connectivity index (χ0) is 14.5. The largest absolute Gasteiger partial charge is 0.382 e. The van der Waals surface area contributed by atoms with Gasteiger partial charge < -0.3 is 10.6 Å². The summed E-state index contributed by atoms with van der Waals surface area (Å²) in [5, 5.41) is 6.35. The number of para-hydroxylation sites is 1. The first-order chi connectivity index (χ1) is 9.58. The summed E-state index contributed by atoms with van der Waals surface area (Å²) < 4.78 is 11.0. The number of anilines is 1. The Balaban J connectivity index is 1.89. The van der Waals surface area contributed by atoms with Crippen LogP contribution in [0.25, 0.3) is 0 Å². The first-order valence-electron chi connectivity index (χ1n) is 7.00. The second kappa shape index (κ2) is 6.88. The summed E-state index contributed by atoms with van der Waals surface area (Å²) in [6.45, 7) is 2.64. The number of nitrogens with one attached hydrogen (secondary N) is 2. The van der Waals surface area contributed by atoms with Gasteiger partial charge in [-0.3, -0.25) is 9.00 Å². The zero-order valence-corrected chi connectivity index (χ0v) is 12.8. The van der Waals surface area contributed by atoms with Crippen molar-refractivity contribution in [1.82, 2.24) is 5.32 Å². The molecule has 3 atom stereocenters. The predicted molar refractivity (Wildman–Crippen MR) is 83.3 cm³/mol. The van der Waals surface area contributed by atoms with Gasteiger partial charge in [-0.25, -0.2) is 0 Å². The highest BCUT2D eigenvalue weighted by Crippen LogP contribution is 2.28. The van der Waals surface area contributed by atoms with Crippen molar-refractivity contribution < 1.29 is 9.00 Å². The highest BCUT2D eigenvalue weighted by atomic mass is 32.2. The number of hydrogen-bond donors (Lipinski definition) is 2. The predicted octanol–water partition coefficient (Wildman–Crippen LogP) is 1.54. The maximum Gasteiger partial charge on any atom is 0.225 e. The van der Waals surface area contributed by atoms with Gasteiger partial charge in [-0.2, -0.15) is 0 Å². The monoisotopic (exact) mass is 294 g/mol. The summed E-state index contributed by atoms with van der Waals surface area (Å²) in [5.41, 5.74) is 2.32. The average Bonchev–Trinajstić information content (AvgIpc) is 2.42. The fourth-order valence-electron chi connectivity index (χ4n) is 2.54. The van der Waals surface area contributed by atoms with Crippen LogP contribution < -0.4 is 10.6 Å². The first kappa shape index (κ1) is 15.0. The first-order valence-corrected chi connectivity index (χ1v) is 8.73. The molecule has 0 saturated carbocycles. The quantitative estimate of drug-likeness (QED) is 0.810. The number of carbonyl (C=O) groups is 1. The van der Waals surface area contributed by atoms with Crippen LogP contribution in [0.5, 0.6) is 0 Å². The molecule has 1 amide bonds. The second-order valence-electron chi connectivity index (χ2n) is 5.32. The number of hydrogen-bond acceptors (Lipinski definition) is 3. The Morgan fingerprint density at radius 3 is 2.95 bits per heavy atom. The third kappa shape index (κ3) is 3.82. The molecule has 5 heteroatoms. The smallest absolute Gasteiger partial charge is 0.225 e. The van der Waals surface area contributed by atoms with Gasteiger partial charge in [0.05, 0.1) is 5.92 Å². The Kier molecular flexibility index (Phi) is 5.17. The average molecular weight is 294 g/mol. The molecule has 0 saturated heterocycles. The summed E-state index contributed by atoms with van der Waals surface area (Å²) in [7, 11) is -0.785. The van der Waals surface area contributed by atoms with Gasteiger partial charge in [0.15, 0.2) is 0 Å². The highest BCUT2D eigenvalue weighted by molar-refractivity contribution is 7.84. The van der Waals surface area contributed by atoms with Crippen LogP contribution in [0.1, 0.15) is 18.9 Å². The van der Waals surface area contributed by atoms with E-state index in [1.54, 1.807) is 6.26 Å². The Labute approximate surface area is 122 Å². The highest BCUT2D eigenvalue weighted by Gasteiger charge is 2.29. The lowest BCUT2D eigenvalue weighted by Gasteiger charge is -2.31. The molecule has 0 spiro atoms. The summed E-state index contributed by atoms with van der Waals surface area (Å²) in [6, 6.07) is 8.25. The van der Waals surface area contributed by atoms with Gasteiger partial charge in [0.2, 0.25) is 5.91 Å². The summed E-state index contributed by atoms with van der Waals surface area (Å²) >= 11 is 0. The van der Waals surface area contributed by atoms with Crippen LogP contribution in [-0.2, 0) is 22.0 Å². The van der Waals surface area contributed by atoms with Crippen LogP contribution in [0.2, 0.25) is 0 Å². The van der Waals surface area contributed by atoms with E-state index in [1.165, 1.54) is 5.56 Å². The fraction of sp³-hybridized carbons (Fsp3) is 0.533. The van der Waals surface area contributed by atoms with Crippen molar-refractivity contribution in [2.75, 3.05) is 23.9 Å². The van der Waals surface area contributed by atoms with Gasteiger partial charge in [0.25, 0.3) is 0 Å². The van der Waals surface area contributed by atoms with E-state index in [0.717, 1.165) is 18.5 Å². The normalized spacial score (nSPS) is 22.5. The van der Waals surface area contributed by atoms with Gasteiger partial charge in [0, 0.05) is 41.1 Å². The van der Waals surface area contributed by atoms with E-state index in [9.17, 15) is 9.00 Å².